The maximum atomic E-state index is 12.9. The van der Waals surface area contributed by atoms with Crippen molar-refractivity contribution in [3.05, 3.63) is 64.8 Å². The van der Waals surface area contributed by atoms with Crippen molar-refractivity contribution in [2.45, 2.75) is 39.5 Å². The molecule has 4 rings (SSSR count). The minimum Gasteiger partial charge on any atom is -0.508 e. The average molecular weight is 416 g/mol. The van der Waals surface area contributed by atoms with Crippen LogP contribution in [0, 0.1) is 6.92 Å². The zero-order chi connectivity index (χ0) is 22.1. The molecule has 31 heavy (non-hydrogen) atoms. The average Bonchev–Trinajstić information content (AvgIpc) is 3.09. The number of primary amides is 1. The van der Waals surface area contributed by atoms with Gasteiger partial charge in [-0.2, -0.15) is 0 Å². The Morgan fingerprint density at radius 3 is 2.71 bits per heavy atom. The fraction of sp³-hybridized carbons (Fsp3) is 0.250. The van der Waals surface area contributed by atoms with E-state index >= 15 is 0 Å². The number of aryl methyl sites for hydroxylation is 2. The zero-order valence-electron chi connectivity index (χ0n) is 17.6. The van der Waals surface area contributed by atoms with Crippen LogP contribution in [-0.4, -0.2) is 26.9 Å². The van der Waals surface area contributed by atoms with E-state index in [0.29, 0.717) is 28.2 Å². The van der Waals surface area contributed by atoms with Gasteiger partial charge >= 0.3 is 0 Å². The second kappa shape index (κ2) is 8.18. The van der Waals surface area contributed by atoms with E-state index < -0.39 is 5.91 Å². The molecule has 7 heteroatoms. The zero-order valence-corrected chi connectivity index (χ0v) is 17.6. The Hall–Kier alpha value is -3.74. The normalized spacial score (nSPS) is 12.8. The Morgan fingerprint density at radius 1 is 1.19 bits per heavy atom. The summed E-state index contributed by atoms with van der Waals surface area (Å²) in [4.78, 5) is 35.6. The summed E-state index contributed by atoms with van der Waals surface area (Å²) in [6.45, 7) is 3.92. The van der Waals surface area contributed by atoms with Crippen molar-refractivity contribution in [2.75, 3.05) is 4.90 Å². The molecule has 158 valence electrons. The van der Waals surface area contributed by atoms with Crippen LogP contribution in [0.5, 0.6) is 5.75 Å². The van der Waals surface area contributed by atoms with E-state index in [1.807, 2.05) is 24.3 Å². The van der Waals surface area contributed by atoms with E-state index in [1.165, 1.54) is 11.0 Å². The Labute approximate surface area is 180 Å². The number of phenolic OH excluding ortho intramolecular Hbond substituents is 1. The molecule has 0 radical (unpaired) electrons. The Kier molecular flexibility index (Phi) is 5.42. The highest BCUT2D eigenvalue weighted by molar-refractivity contribution is 6.09. The van der Waals surface area contributed by atoms with Crippen molar-refractivity contribution >= 4 is 23.3 Å². The van der Waals surface area contributed by atoms with Gasteiger partial charge in [0, 0.05) is 11.1 Å². The standard InChI is InChI=1S/C24H24N4O3/c1-3-4-6-15-7-5-8-17(11-15)28-20(30)13-18-21(22(25)31)26-23(27-24(18)28)16-10-9-14(2)19(29)12-16/h5,7-12,29H,3-4,6,13H2,1-2H3,(H2,25,31). The quantitative estimate of drug-likeness (QED) is 0.635. The molecule has 1 aromatic heterocycles. The lowest BCUT2D eigenvalue weighted by Crippen LogP contribution is -2.22. The fourth-order valence-corrected chi connectivity index (χ4v) is 3.75. The van der Waals surface area contributed by atoms with Gasteiger partial charge in [0.2, 0.25) is 5.91 Å². The number of unbranched alkanes of at least 4 members (excludes halogenated alkanes) is 1. The highest BCUT2D eigenvalue weighted by Gasteiger charge is 2.35. The molecule has 0 saturated heterocycles. The third-order valence-corrected chi connectivity index (χ3v) is 5.46. The second-order valence-electron chi connectivity index (χ2n) is 7.74. The first-order valence-corrected chi connectivity index (χ1v) is 10.3. The number of carbonyl (C=O) groups excluding carboxylic acids is 2. The molecule has 1 aliphatic heterocycles. The highest BCUT2D eigenvalue weighted by Crippen LogP contribution is 2.37. The van der Waals surface area contributed by atoms with Gasteiger partial charge in [0.05, 0.1) is 12.1 Å². The first kappa shape index (κ1) is 20.5. The number of benzene rings is 2. The minimum absolute atomic E-state index is 0.00617. The van der Waals surface area contributed by atoms with Crippen LogP contribution in [-0.2, 0) is 17.6 Å². The molecule has 0 fully saturated rings. The number of hydrogen-bond acceptors (Lipinski definition) is 5. The van der Waals surface area contributed by atoms with Gasteiger partial charge in [-0.15, -0.1) is 0 Å². The molecule has 0 aliphatic carbocycles. The van der Waals surface area contributed by atoms with Crippen LogP contribution >= 0.6 is 0 Å². The third-order valence-electron chi connectivity index (χ3n) is 5.46. The predicted octanol–water partition coefficient (Wildman–Crippen LogP) is 3.82. The van der Waals surface area contributed by atoms with Crippen LogP contribution in [0.4, 0.5) is 11.5 Å². The smallest absolute Gasteiger partial charge is 0.267 e. The number of carbonyl (C=O) groups is 2. The molecule has 2 heterocycles. The van der Waals surface area contributed by atoms with Crippen LogP contribution in [0.2, 0.25) is 0 Å². The molecule has 3 aromatic rings. The van der Waals surface area contributed by atoms with Crippen molar-refractivity contribution in [3.63, 3.8) is 0 Å². The summed E-state index contributed by atoms with van der Waals surface area (Å²) in [7, 11) is 0. The predicted molar refractivity (Wildman–Crippen MR) is 118 cm³/mol. The second-order valence-corrected chi connectivity index (χ2v) is 7.74. The summed E-state index contributed by atoms with van der Waals surface area (Å²) >= 11 is 0. The summed E-state index contributed by atoms with van der Waals surface area (Å²) in [6.07, 6.45) is 3.07. The molecule has 7 nitrogen and oxygen atoms in total. The molecule has 1 aliphatic rings. The molecule has 2 aromatic carbocycles. The molecule has 0 spiro atoms. The van der Waals surface area contributed by atoms with Gasteiger partial charge in [-0.1, -0.05) is 37.6 Å². The Bertz CT molecular complexity index is 1190. The first-order valence-electron chi connectivity index (χ1n) is 10.3. The van der Waals surface area contributed by atoms with E-state index in [1.54, 1.807) is 19.1 Å². The van der Waals surface area contributed by atoms with Crippen LogP contribution in [0.3, 0.4) is 0 Å². The van der Waals surface area contributed by atoms with Crippen molar-refractivity contribution in [1.82, 2.24) is 9.97 Å². The molecule has 2 amide bonds. The van der Waals surface area contributed by atoms with Gasteiger partial charge in [0.1, 0.15) is 17.3 Å². The molecular weight excluding hydrogens is 392 g/mol. The summed E-state index contributed by atoms with van der Waals surface area (Å²) in [6, 6.07) is 12.8. The van der Waals surface area contributed by atoms with Crippen molar-refractivity contribution in [3.8, 4) is 17.1 Å². The van der Waals surface area contributed by atoms with E-state index in [4.69, 9.17) is 5.73 Å². The van der Waals surface area contributed by atoms with Gasteiger partial charge in [0.25, 0.3) is 5.91 Å². The van der Waals surface area contributed by atoms with Gasteiger partial charge in [-0.25, -0.2) is 9.97 Å². The third kappa shape index (κ3) is 3.86. The first-order chi connectivity index (χ1) is 14.9. The number of phenols is 1. The number of aromatic nitrogens is 2. The topological polar surface area (TPSA) is 109 Å². The number of nitrogens with two attached hydrogens (primary N) is 1. The van der Waals surface area contributed by atoms with E-state index in [-0.39, 0.29) is 29.6 Å². The summed E-state index contributed by atoms with van der Waals surface area (Å²) in [5, 5.41) is 10.1. The van der Waals surface area contributed by atoms with Crippen LogP contribution < -0.4 is 10.6 Å². The maximum Gasteiger partial charge on any atom is 0.267 e. The molecule has 0 atom stereocenters. The summed E-state index contributed by atoms with van der Waals surface area (Å²) in [5.74, 6) is -0.231. The van der Waals surface area contributed by atoms with Gasteiger partial charge < -0.3 is 10.8 Å². The van der Waals surface area contributed by atoms with E-state index in [0.717, 1.165) is 24.8 Å². The largest absolute Gasteiger partial charge is 0.508 e. The van der Waals surface area contributed by atoms with Gasteiger partial charge in [0.15, 0.2) is 5.82 Å². The lowest BCUT2D eigenvalue weighted by atomic mass is 10.1. The van der Waals surface area contributed by atoms with E-state index in [2.05, 4.69) is 16.9 Å². The SMILES string of the molecule is CCCCc1cccc(N2C(=O)Cc3c(C(N)=O)nc(-c4ccc(C)c(O)c4)nc32)c1. The number of anilines is 2. The maximum absolute atomic E-state index is 12.9. The lowest BCUT2D eigenvalue weighted by molar-refractivity contribution is -0.116. The van der Waals surface area contributed by atoms with Gasteiger partial charge in [-0.05, 0) is 49.1 Å². The number of rotatable bonds is 6. The monoisotopic (exact) mass is 416 g/mol. The molecule has 0 saturated carbocycles. The van der Waals surface area contributed by atoms with Crippen LogP contribution in [0.15, 0.2) is 42.5 Å². The molecule has 3 N–H and O–H groups in total. The molecule has 0 bridgehead atoms. The highest BCUT2D eigenvalue weighted by atomic mass is 16.3. The van der Waals surface area contributed by atoms with Crippen LogP contribution in [0.1, 0.15) is 46.9 Å². The number of hydrogen-bond donors (Lipinski definition) is 2. The number of aromatic hydroxyl groups is 1. The Morgan fingerprint density at radius 2 is 2.00 bits per heavy atom. The summed E-state index contributed by atoms with van der Waals surface area (Å²) < 4.78 is 0. The van der Waals surface area contributed by atoms with Gasteiger partial charge in [-0.3, -0.25) is 14.5 Å². The fourth-order valence-electron chi connectivity index (χ4n) is 3.75. The number of fused-ring (bicyclic) bond motifs is 1. The summed E-state index contributed by atoms with van der Waals surface area (Å²) in [5.41, 5.74) is 9.11. The van der Waals surface area contributed by atoms with Crippen molar-refractivity contribution in [2.24, 2.45) is 5.73 Å². The lowest BCUT2D eigenvalue weighted by Gasteiger charge is -2.18. The number of amides is 2. The minimum atomic E-state index is -0.720. The van der Waals surface area contributed by atoms with Crippen molar-refractivity contribution in [1.29, 1.82) is 0 Å². The van der Waals surface area contributed by atoms with Crippen molar-refractivity contribution < 1.29 is 14.7 Å². The number of nitrogens with zero attached hydrogens (tertiary/aromatic N) is 3. The Balaban J connectivity index is 1.85. The molecular formula is C24H24N4O3. The molecule has 0 unspecified atom stereocenters. The van der Waals surface area contributed by atoms with E-state index in [9.17, 15) is 14.7 Å². The van der Waals surface area contributed by atoms with Crippen LogP contribution in [0.25, 0.3) is 11.4 Å².